The van der Waals surface area contributed by atoms with Crippen molar-refractivity contribution in [3.8, 4) is 5.75 Å². The summed E-state index contributed by atoms with van der Waals surface area (Å²) in [6.07, 6.45) is 2.50. The highest BCUT2D eigenvalue weighted by molar-refractivity contribution is 5.92. The van der Waals surface area contributed by atoms with Crippen LogP contribution < -0.4 is 4.74 Å². The monoisotopic (exact) mass is 234 g/mol. The Hall–Kier alpha value is -1.77. The third-order valence-corrected chi connectivity index (χ3v) is 2.37. The normalized spacial score (nSPS) is 11.7. The summed E-state index contributed by atoms with van der Waals surface area (Å²) in [5.41, 5.74) is 1.46. The van der Waals surface area contributed by atoms with E-state index in [1.54, 1.807) is 18.2 Å². The summed E-state index contributed by atoms with van der Waals surface area (Å²) in [5, 5.41) is 0. The number of benzene rings is 1. The van der Waals surface area contributed by atoms with Crippen molar-refractivity contribution >= 4 is 5.97 Å². The van der Waals surface area contributed by atoms with Gasteiger partial charge in [-0.2, -0.15) is 0 Å². The number of esters is 1. The first-order valence-electron chi connectivity index (χ1n) is 5.55. The molecule has 0 saturated carbocycles. The van der Waals surface area contributed by atoms with Gasteiger partial charge < -0.3 is 9.47 Å². The van der Waals surface area contributed by atoms with Gasteiger partial charge in [0.1, 0.15) is 11.3 Å². The van der Waals surface area contributed by atoms with Gasteiger partial charge in [-0.3, -0.25) is 0 Å². The van der Waals surface area contributed by atoms with Crippen molar-refractivity contribution in [3.63, 3.8) is 0 Å². The molecule has 92 valence electrons. The van der Waals surface area contributed by atoms with Crippen LogP contribution in [-0.4, -0.2) is 19.2 Å². The smallest absolute Gasteiger partial charge is 0.341 e. The molecule has 1 aromatic carbocycles. The summed E-state index contributed by atoms with van der Waals surface area (Å²) in [7, 11) is 1.36. The van der Waals surface area contributed by atoms with Gasteiger partial charge in [-0.15, -0.1) is 6.58 Å². The van der Waals surface area contributed by atoms with E-state index in [4.69, 9.17) is 9.47 Å². The van der Waals surface area contributed by atoms with E-state index < -0.39 is 0 Å². The summed E-state index contributed by atoms with van der Waals surface area (Å²) < 4.78 is 10.4. The van der Waals surface area contributed by atoms with Crippen molar-refractivity contribution in [1.29, 1.82) is 0 Å². The Bertz CT molecular complexity index is 410. The Morgan fingerprint density at radius 2 is 2.24 bits per heavy atom. The van der Waals surface area contributed by atoms with Gasteiger partial charge in [-0.05, 0) is 26.0 Å². The molecule has 0 aliphatic carbocycles. The first-order chi connectivity index (χ1) is 8.08. The molecule has 0 aliphatic rings. The number of carbonyl (C=O) groups excluding carboxylic acids is 1. The fourth-order valence-corrected chi connectivity index (χ4v) is 1.52. The van der Waals surface area contributed by atoms with E-state index in [2.05, 4.69) is 6.58 Å². The van der Waals surface area contributed by atoms with E-state index in [1.165, 1.54) is 7.11 Å². The van der Waals surface area contributed by atoms with Crippen LogP contribution in [0.25, 0.3) is 0 Å². The predicted octanol–water partition coefficient (Wildman–Crippen LogP) is 3.13. The zero-order valence-electron chi connectivity index (χ0n) is 10.5. The predicted molar refractivity (Wildman–Crippen MR) is 67.4 cm³/mol. The molecule has 1 unspecified atom stereocenters. The Morgan fingerprint density at radius 3 is 2.82 bits per heavy atom. The maximum Gasteiger partial charge on any atom is 0.341 e. The number of methoxy groups -OCH3 is 1. The van der Waals surface area contributed by atoms with Crippen LogP contribution in [0, 0.1) is 6.92 Å². The topological polar surface area (TPSA) is 35.5 Å². The first kappa shape index (κ1) is 13.3. The van der Waals surface area contributed by atoms with Crippen LogP contribution in [0.15, 0.2) is 30.9 Å². The number of ether oxygens (including phenoxy) is 2. The van der Waals surface area contributed by atoms with Crippen LogP contribution in [0.4, 0.5) is 0 Å². The highest BCUT2D eigenvalue weighted by Crippen LogP contribution is 2.22. The summed E-state index contributed by atoms with van der Waals surface area (Å²) in [5.74, 6) is 0.173. The van der Waals surface area contributed by atoms with Gasteiger partial charge >= 0.3 is 5.97 Å². The van der Waals surface area contributed by atoms with Gasteiger partial charge in [-0.25, -0.2) is 4.79 Å². The lowest BCUT2D eigenvalue weighted by atomic mass is 10.1. The summed E-state index contributed by atoms with van der Waals surface area (Å²) >= 11 is 0. The highest BCUT2D eigenvalue weighted by atomic mass is 16.5. The van der Waals surface area contributed by atoms with Gasteiger partial charge in [0, 0.05) is 6.42 Å². The molecule has 3 heteroatoms. The van der Waals surface area contributed by atoms with Gasteiger partial charge in [-0.1, -0.05) is 17.7 Å². The molecule has 3 nitrogen and oxygen atoms in total. The van der Waals surface area contributed by atoms with Crippen LogP contribution in [0.5, 0.6) is 5.75 Å². The first-order valence-corrected chi connectivity index (χ1v) is 5.55. The fourth-order valence-electron chi connectivity index (χ4n) is 1.52. The Morgan fingerprint density at radius 1 is 1.53 bits per heavy atom. The Balaban J connectivity index is 2.97. The Kier molecular flexibility index (Phi) is 4.76. The molecule has 0 bridgehead atoms. The standard InChI is InChI=1S/C14H18O3/c1-5-6-11(3)17-13-8-7-10(2)9-12(13)14(15)16-4/h5,7-9,11H,1,6H2,2-4H3. The van der Waals surface area contributed by atoms with Crippen molar-refractivity contribution < 1.29 is 14.3 Å². The van der Waals surface area contributed by atoms with Gasteiger partial charge in [0.15, 0.2) is 0 Å². The van der Waals surface area contributed by atoms with Crippen LogP contribution in [0.2, 0.25) is 0 Å². The molecule has 0 saturated heterocycles. The molecule has 0 heterocycles. The molecule has 1 aromatic rings. The van der Waals surface area contributed by atoms with E-state index >= 15 is 0 Å². The Labute approximate surface area is 102 Å². The molecule has 0 aromatic heterocycles. The second-order valence-corrected chi connectivity index (χ2v) is 3.94. The largest absolute Gasteiger partial charge is 0.489 e. The van der Waals surface area contributed by atoms with E-state index in [9.17, 15) is 4.79 Å². The summed E-state index contributed by atoms with van der Waals surface area (Å²) in [6.45, 7) is 7.51. The number of carbonyl (C=O) groups is 1. The average Bonchev–Trinajstić information content (AvgIpc) is 2.30. The van der Waals surface area contributed by atoms with E-state index in [0.717, 1.165) is 12.0 Å². The minimum absolute atomic E-state index is 0.0152. The van der Waals surface area contributed by atoms with Crippen LogP contribution in [0.3, 0.4) is 0 Å². The van der Waals surface area contributed by atoms with E-state index in [1.807, 2.05) is 19.9 Å². The fraction of sp³-hybridized carbons (Fsp3) is 0.357. The van der Waals surface area contributed by atoms with Gasteiger partial charge in [0.25, 0.3) is 0 Å². The van der Waals surface area contributed by atoms with Crippen LogP contribution >= 0.6 is 0 Å². The molecular formula is C14H18O3. The quantitative estimate of drug-likeness (QED) is 0.580. The molecule has 0 spiro atoms. The van der Waals surface area contributed by atoms with Gasteiger partial charge in [0.05, 0.1) is 13.2 Å². The number of hydrogen-bond donors (Lipinski definition) is 0. The lowest BCUT2D eigenvalue weighted by molar-refractivity contribution is 0.0593. The third kappa shape index (κ3) is 3.63. The van der Waals surface area contributed by atoms with Crippen molar-refractivity contribution in [2.24, 2.45) is 0 Å². The lowest BCUT2D eigenvalue weighted by Gasteiger charge is -2.15. The molecule has 0 N–H and O–H groups in total. The number of aryl methyl sites for hydroxylation is 1. The van der Waals surface area contributed by atoms with Crippen molar-refractivity contribution in [1.82, 2.24) is 0 Å². The summed E-state index contributed by atoms with van der Waals surface area (Å²) in [4.78, 5) is 11.6. The maximum absolute atomic E-state index is 11.6. The molecule has 0 fully saturated rings. The molecule has 0 radical (unpaired) electrons. The van der Waals surface area contributed by atoms with Crippen molar-refractivity contribution in [2.45, 2.75) is 26.4 Å². The van der Waals surface area contributed by atoms with E-state index in [0.29, 0.717) is 11.3 Å². The van der Waals surface area contributed by atoms with Crippen molar-refractivity contribution in [2.75, 3.05) is 7.11 Å². The minimum atomic E-state index is -0.380. The van der Waals surface area contributed by atoms with Crippen LogP contribution in [0.1, 0.15) is 29.3 Å². The van der Waals surface area contributed by atoms with E-state index in [-0.39, 0.29) is 12.1 Å². The minimum Gasteiger partial charge on any atom is -0.489 e. The SMILES string of the molecule is C=CCC(C)Oc1ccc(C)cc1C(=O)OC. The average molecular weight is 234 g/mol. The molecule has 0 aliphatic heterocycles. The zero-order valence-corrected chi connectivity index (χ0v) is 10.5. The molecular weight excluding hydrogens is 216 g/mol. The number of hydrogen-bond acceptors (Lipinski definition) is 3. The zero-order chi connectivity index (χ0) is 12.8. The molecule has 17 heavy (non-hydrogen) atoms. The molecule has 0 amide bonds. The third-order valence-electron chi connectivity index (χ3n) is 2.37. The van der Waals surface area contributed by atoms with Crippen LogP contribution in [-0.2, 0) is 4.74 Å². The maximum atomic E-state index is 11.6. The summed E-state index contributed by atoms with van der Waals surface area (Å²) in [6, 6.07) is 5.46. The highest BCUT2D eigenvalue weighted by Gasteiger charge is 2.14. The van der Waals surface area contributed by atoms with Crippen molar-refractivity contribution in [3.05, 3.63) is 42.0 Å². The van der Waals surface area contributed by atoms with Gasteiger partial charge in [0.2, 0.25) is 0 Å². The second kappa shape index (κ2) is 6.09. The lowest BCUT2D eigenvalue weighted by Crippen LogP contribution is -2.13. The molecule has 1 rings (SSSR count). The number of rotatable bonds is 5. The second-order valence-electron chi connectivity index (χ2n) is 3.94. The molecule has 1 atom stereocenters.